The molecule has 1 fully saturated rings. The fourth-order valence-electron chi connectivity index (χ4n) is 4.13. The molecule has 36 heavy (non-hydrogen) atoms. The minimum absolute atomic E-state index is 0.121. The Morgan fingerprint density at radius 1 is 1.22 bits per heavy atom. The SMILES string of the molecule is Cc1ccc(C(=O)NC2CC2)cc1-n1cnc2ccc(OCCN(C)Cc3cnn(C)c3)cc2c1=O. The van der Waals surface area contributed by atoms with Gasteiger partial charge in [-0.2, -0.15) is 5.10 Å². The minimum Gasteiger partial charge on any atom is -0.492 e. The molecule has 1 amide bonds. The normalized spacial score (nSPS) is 13.3. The first-order chi connectivity index (χ1) is 17.4. The summed E-state index contributed by atoms with van der Waals surface area (Å²) in [7, 11) is 3.93. The standard InChI is InChI=1S/C27H30N6O3/c1-18-4-5-20(26(34)30-21-6-7-21)12-25(18)33-17-28-24-9-8-22(13-23(24)27(33)35)36-11-10-31(2)15-19-14-29-32(3)16-19/h4-5,8-9,12-14,16-17,21H,6-7,10-11,15H2,1-3H3,(H,30,34). The Labute approximate surface area is 209 Å². The summed E-state index contributed by atoms with van der Waals surface area (Å²) in [6.07, 6.45) is 7.40. The van der Waals surface area contributed by atoms with Crippen molar-refractivity contribution in [1.29, 1.82) is 0 Å². The molecule has 1 aliphatic rings. The zero-order chi connectivity index (χ0) is 25.2. The van der Waals surface area contributed by atoms with Crippen molar-refractivity contribution in [2.45, 2.75) is 32.4 Å². The largest absolute Gasteiger partial charge is 0.492 e. The van der Waals surface area contributed by atoms with Crippen LogP contribution in [0.5, 0.6) is 5.75 Å². The third-order valence-corrected chi connectivity index (χ3v) is 6.33. The summed E-state index contributed by atoms with van der Waals surface area (Å²) >= 11 is 0. The number of amides is 1. The van der Waals surface area contributed by atoms with E-state index >= 15 is 0 Å². The molecule has 4 aromatic rings. The summed E-state index contributed by atoms with van der Waals surface area (Å²) in [6.45, 7) is 3.89. The number of rotatable bonds is 9. The number of fused-ring (bicyclic) bond motifs is 1. The second-order valence-corrected chi connectivity index (χ2v) is 9.46. The van der Waals surface area contributed by atoms with Crippen LogP contribution in [-0.2, 0) is 13.6 Å². The molecular weight excluding hydrogens is 456 g/mol. The molecule has 0 aliphatic heterocycles. The van der Waals surface area contributed by atoms with E-state index in [1.165, 1.54) is 10.9 Å². The van der Waals surface area contributed by atoms with Crippen LogP contribution >= 0.6 is 0 Å². The predicted octanol–water partition coefficient (Wildman–Crippen LogP) is 2.83. The van der Waals surface area contributed by atoms with E-state index in [9.17, 15) is 9.59 Å². The molecule has 5 rings (SSSR count). The Morgan fingerprint density at radius 3 is 2.81 bits per heavy atom. The van der Waals surface area contributed by atoms with Gasteiger partial charge in [0.05, 0.1) is 22.8 Å². The van der Waals surface area contributed by atoms with Crippen LogP contribution in [-0.4, -0.2) is 56.4 Å². The number of ether oxygens (including phenoxy) is 1. The number of carbonyl (C=O) groups is 1. The summed E-state index contributed by atoms with van der Waals surface area (Å²) in [4.78, 5) is 32.6. The van der Waals surface area contributed by atoms with E-state index in [1.807, 2.05) is 45.5 Å². The van der Waals surface area contributed by atoms with Crippen LogP contribution in [0.25, 0.3) is 16.6 Å². The van der Waals surface area contributed by atoms with Crippen molar-refractivity contribution >= 4 is 16.8 Å². The van der Waals surface area contributed by atoms with Gasteiger partial charge < -0.3 is 10.1 Å². The molecule has 0 atom stereocenters. The summed E-state index contributed by atoms with van der Waals surface area (Å²) in [5.41, 5.74) is 3.58. The number of hydrogen-bond acceptors (Lipinski definition) is 6. The Hall–Kier alpha value is -3.98. The lowest BCUT2D eigenvalue weighted by atomic mass is 10.1. The first-order valence-corrected chi connectivity index (χ1v) is 12.1. The summed E-state index contributed by atoms with van der Waals surface area (Å²) in [6, 6.07) is 11.0. The van der Waals surface area contributed by atoms with Gasteiger partial charge in [0.2, 0.25) is 0 Å². The summed E-state index contributed by atoms with van der Waals surface area (Å²) < 4.78 is 9.24. The number of nitrogens with zero attached hydrogens (tertiary/aromatic N) is 5. The number of carbonyl (C=O) groups excluding carboxylic acids is 1. The van der Waals surface area contributed by atoms with Gasteiger partial charge in [-0.1, -0.05) is 6.07 Å². The molecule has 1 aliphatic carbocycles. The maximum Gasteiger partial charge on any atom is 0.265 e. The van der Waals surface area contributed by atoms with Gasteiger partial charge in [-0.3, -0.25) is 23.7 Å². The maximum absolute atomic E-state index is 13.4. The zero-order valence-corrected chi connectivity index (χ0v) is 20.8. The van der Waals surface area contributed by atoms with Gasteiger partial charge in [0, 0.05) is 43.5 Å². The number of likely N-dealkylation sites (N-methyl/N-ethyl adjacent to an activating group) is 1. The van der Waals surface area contributed by atoms with Gasteiger partial charge in [0.1, 0.15) is 18.7 Å². The molecule has 0 unspecified atom stereocenters. The summed E-state index contributed by atoms with van der Waals surface area (Å²) in [5.74, 6) is 0.493. The third kappa shape index (κ3) is 5.31. The molecule has 186 valence electrons. The van der Waals surface area contributed by atoms with Gasteiger partial charge in [-0.25, -0.2) is 4.98 Å². The minimum atomic E-state index is -0.206. The van der Waals surface area contributed by atoms with Gasteiger partial charge in [-0.05, 0) is 62.7 Å². The quantitative estimate of drug-likeness (QED) is 0.391. The summed E-state index contributed by atoms with van der Waals surface area (Å²) in [5, 5.41) is 7.66. The molecule has 9 nitrogen and oxygen atoms in total. The topological polar surface area (TPSA) is 94.3 Å². The first kappa shape index (κ1) is 23.7. The van der Waals surface area contributed by atoms with E-state index < -0.39 is 0 Å². The molecule has 0 bridgehead atoms. The van der Waals surface area contributed by atoms with E-state index in [4.69, 9.17) is 4.74 Å². The molecule has 2 heterocycles. The fraction of sp³-hybridized carbons (Fsp3) is 0.333. The van der Waals surface area contributed by atoms with E-state index in [0.717, 1.165) is 37.1 Å². The van der Waals surface area contributed by atoms with Crippen LogP contribution in [0.1, 0.15) is 34.3 Å². The van der Waals surface area contributed by atoms with Crippen LogP contribution in [0.15, 0.2) is 59.9 Å². The highest BCUT2D eigenvalue weighted by Crippen LogP contribution is 2.22. The van der Waals surface area contributed by atoms with Gasteiger partial charge in [0.15, 0.2) is 0 Å². The molecule has 0 saturated heterocycles. The lowest BCUT2D eigenvalue weighted by Gasteiger charge is -2.16. The fourth-order valence-corrected chi connectivity index (χ4v) is 4.13. The van der Waals surface area contributed by atoms with Crippen molar-refractivity contribution in [3.8, 4) is 11.4 Å². The number of benzene rings is 2. The monoisotopic (exact) mass is 486 g/mol. The van der Waals surface area contributed by atoms with Gasteiger partial charge in [-0.15, -0.1) is 0 Å². The number of aromatic nitrogens is 4. The number of nitrogens with one attached hydrogen (secondary N) is 1. The van der Waals surface area contributed by atoms with Crippen LogP contribution in [0.2, 0.25) is 0 Å². The molecule has 1 saturated carbocycles. The van der Waals surface area contributed by atoms with Crippen molar-refractivity contribution < 1.29 is 9.53 Å². The number of aryl methyl sites for hydroxylation is 2. The van der Waals surface area contributed by atoms with Crippen molar-refractivity contribution in [1.82, 2.24) is 29.5 Å². The van der Waals surface area contributed by atoms with E-state index in [-0.39, 0.29) is 17.5 Å². The Balaban J connectivity index is 1.33. The lowest BCUT2D eigenvalue weighted by Crippen LogP contribution is -2.26. The Kier molecular flexibility index (Phi) is 6.56. The maximum atomic E-state index is 13.4. The van der Waals surface area contributed by atoms with Crippen molar-refractivity contribution in [3.05, 3.63) is 82.2 Å². The molecule has 0 spiro atoms. The van der Waals surface area contributed by atoms with E-state index in [1.54, 1.807) is 28.9 Å². The second kappa shape index (κ2) is 9.94. The predicted molar refractivity (Wildman–Crippen MR) is 138 cm³/mol. The highest BCUT2D eigenvalue weighted by atomic mass is 16.5. The average molecular weight is 487 g/mol. The lowest BCUT2D eigenvalue weighted by molar-refractivity contribution is 0.0951. The molecule has 9 heteroatoms. The van der Waals surface area contributed by atoms with Crippen LogP contribution in [0, 0.1) is 6.92 Å². The third-order valence-electron chi connectivity index (χ3n) is 6.33. The zero-order valence-electron chi connectivity index (χ0n) is 20.8. The Morgan fingerprint density at radius 2 is 2.06 bits per heavy atom. The second-order valence-electron chi connectivity index (χ2n) is 9.46. The molecular formula is C27H30N6O3. The van der Waals surface area contributed by atoms with Gasteiger partial charge >= 0.3 is 0 Å². The molecule has 1 N–H and O–H groups in total. The smallest absolute Gasteiger partial charge is 0.265 e. The molecule has 2 aromatic carbocycles. The first-order valence-electron chi connectivity index (χ1n) is 12.1. The molecule has 0 radical (unpaired) electrons. The highest BCUT2D eigenvalue weighted by molar-refractivity contribution is 5.95. The van der Waals surface area contributed by atoms with Crippen LogP contribution in [0.3, 0.4) is 0 Å². The van der Waals surface area contributed by atoms with E-state index in [2.05, 4.69) is 20.3 Å². The molecule has 2 aromatic heterocycles. The Bertz CT molecular complexity index is 1470. The van der Waals surface area contributed by atoms with Crippen molar-refractivity contribution in [2.24, 2.45) is 7.05 Å². The van der Waals surface area contributed by atoms with Crippen molar-refractivity contribution in [3.63, 3.8) is 0 Å². The van der Waals surface area contributed by atoms with Crippen LogP contribution < -0.4 is 15.6 Å². The highest BCUT2D eigenvalue weighted by Gasteiger charge is 2.24. The average Bonchev–Trinajstić information content (AvgIpc) is 3.58. The van der Waals surface area contributed by atoms with Crippen molar-refractivity contribution in [2.75, 3.05) is 20.2 Å². The van der Waals surface area contributed by atoms with E-state index in [0.29, 0.717) is 34.5 Å². The number of hydrogen-bond donors (Lipinski definition) is 1. The van der Waals surface area contributed by atoms with Gasteiger partial charge in [0.25, 0.3) is 11.5 Å². The van der Waals surface area contributed by atoms with Crippen LogP contribution in [0.4, 0.5) is 0 Å².